The van der Waals surface area contributed by atoms with Crippen molar-refractivity contribution in [3.63, 3.8) is 0 Å². The fraction of sp³-hybridized carbons (Fsp3) is 0.636. The molecule has 1 heterocycles. The molecule has 1 aromatic heterocycles. The Morgan fingerprint density at radius 2 is 2.07 bits per heavy atom. The van der Waals surface area contributed by atoms with Gasteiger partial charge in [-0.2, -0.15) is 0 Å². The van der Waals surface area contributed by atoms with Crippen LogP contribution in [0.5, 0.6) is 0 Å². The van der Waals surface area contributed by atoms with Crippen molar-refractivity contribution in [2.24, 2.45) is 11.8 Å². The van der Waals surface area contributed by atoms with Crippen molar-refractivity contribution in [3.8, 4) is 0 Å². The maximum absolute atomic E-state index is 10.8. The van der Waals surface area contributed by atoms with Crippen LogP contribution in [-0.2, 0) is 0 Å². The van der Waals surface area contributed by atoms with E-state index in [1.807, 2.05) is 0 Å². The van der Waals surface area contributed by atoms with Crippen LogP contribution in [0.15, 0.2) is 4.42 Å². The number of aromatic carboxylic acids is 1. The van der Waals surface area contributed by atoms with Crippen molar-refractivity contribution in [1.82, 2.24) is 4.98 Å². The van der Waals surface area contributed by atoms with E-state index in [1.54, 1.807) is 6.92 Å². The molecule has 0 radical (unpaired) electrons. The molecule has 0 saturated heterocycles. The van der Waals surface area contributed by atoms with E-state index in [4.69, 9.17) is 9.52 Å². The smallest absolute Gasteiger partial charge is 0.358 e. The van der Waals surface area contributed by atoms with Gasteiger partial charge in [0.2, 0.25) is 0 Å². The molecule has 3 rings (SSSR count). The lowest BCUT2D eigenvalue weighted by Gasteiger charge is -2.05. The summed E-state index contributed by atoms with van der Waals surface area (Å²) in [4.78, 5) is 14.9. The van der Waals surface area contributed by atoms with Gasteiger partial charge in [0.1, 0.15) is 5.76 Å². The molecule has 0 aliphatic heterocycles. The number of oxazole rings is 1. The first kappa shape index (κ1) is 8.95. The highest BCUT2D eigenvalue weighted by Crippen LogP contribution is 2.57. The number of carboxylic acids is 1. The van der Waals surface area contributed by atoms with Gasteiger partial charge in [0.15, 0.2) is 11.6 Å². The van der Waals surface area contributed by atoms with Crippen molar-refractivity contribution in [3.05, 3.63) is 17.3 Å². The normalized spacial score (nSPS) is 32.7. The molecule has 4 heteroatoms. The summed E-state index contributed by atoms with van der Waals surface area (Å²) < 4.78 is 5.44. The number of hydrogen-bond donors (Lipinski definition) is 1. The molecule has 0 amide bonds. The van der Waals surface area contributed by atoms with E-state index in [-0.39, 0.29) is 5.69 Å². The monoisotopic (exact) mass is 207 g/mol. The van der Waals surface area contributed by atoms with Crippen LogP contribution < -0.4 is 0 Å². The summed E-state index contributed by atoms with van der Waals surface area (Å²) in [6.07, 6.45) is 3.61. The molecule has 1 aromatic rings. The number of hydrogen-bond acceptors (Lipinski definition) is 3. The third-order valence-corrected chi connectivity index (χ3v) is 3.61. The highest BCUT2D eigenvalue weighted by Gasteiger charge is 2.47. The topological polar surface area (TPSA) is 63.3 Å². The van der Waals surface area contributed by atoms with Gasteiger partial charge in [0, 0.05) is 5.92 Å². The van der Waals surface area contributed by atoms with Gasteiger partial charge in [-0.25, -0.2) is 9.78 Å². The van der Waals surface area contributed by atoms with Gasteiger partial charge >= 0.3 is 5.97 Å². The van der Waals surface area contributed by atoms with Crippen molar-refractivity contribution >= 4 is 5.97 Å². The Bertz CT molecular complexity index is 413. The third kappa shape index (κ3) is 1.35. The molecule has 15 heavy (non-hydrogen) atoms. The highest BCUT2D eigenvalue weighted by atomic mass is 16.4. The SMILES string of the molecule is Cc1oc(C2CC3CC3C2)nc1C(=O)O. The summed E-state index contributed by atoms with van der Waals surface area (Å²) >= 11 is 0. The lowest BCUT2D eigenvalue weighted by atomic mass is 10.0. The molecule has 2 atom stereocenters. The zero-order valence-electron chi connectivity index (χ0n) is 8.56. The maximum atomic E-state index is 10.8. The number of carbonyl (C=O) groups is 1. The summed E-state index contributed by atoms with van der Waals surface area (Å²) in [7, 11) is 0. The largest absolute Gasteiger partial charge is 0.476 e. The number of carboxylic acid groups (broad SMARTS) is 1. The molecular weight excluding hydrogens is 194 g/mol. The molecule has 2 saturated carbocycles. The number of aryl methyl sites for hydroxylation is 1. The van der Waals surface area contributed by atoms with E-state index in [2.05, 4.69) is 4.98 Å². The summed E-state index contributed by atoms with van der Waals surface area (Å²) in [5.41, 5.74) is 0.0746. The van der Waals surface area contributed by atoms with Crippen LogP contribution in [0.2, 0.25) is 0 Å². The minimum absolute atomic E-state index is 0.0746. The number of nitrogens with zero attached hydrogens (tertiary/aromatic N) is 1. The van der Waals surface area contributed by atoms with Crippen LogP contribution in [0.3, 0.4) is 0 Å². The van der Waals surface area contributed by atoms with Gasteiger partial charge in [-0.3, -0.25) is 0 Å². The van der Waals surface area contributed by atoms with E-state index in [0.717, 1.165) is 24.7 Å². The first-order chi connectivity index (χ1) is 7.15. The van der Waals surface area contributed by atoms with Gasteiger partial charge in [-0.15, -0.1) is 0 Å². The zero-order valence-corrected chi connectivity index (χ0v) is 8.56. The summed E-state index contributed by atoms with van der Waals surface area (Å²) in [6.45, 7) is 1.66. The van der Waals surface area contributed by atoms with E-state index >= 15 is 0 Å². The zero-order chi connectivity index (χ0) is 10.6. The summed E-state index contributed by atoms with van der Waals surface area (Å²) in [5.74, 6) is 2.15. The molecule has 0 aromatic carbocycles. The van der Waals surface area contributed by atoms with Crippen molar-refractivity contribution in [2.45, 2.75) is 32.1 Å². The van der Waals surface area contributed by atoms with Crippen molar-refractivity contribution in [1.29, 1.82) is 0 Å². The predicted octanol–water partition coefficient (Wildman–Crippen LogP) is 2.19. The van der Waals surface area contributed by atoms with Gasteiger partial charge in [-0.1, -0.05) is 0 Å². The molecular formula is C11H13NO3. The van der Waals surface area contributed by atoms with Crippen LogP contribution >= 0.6 is 0 Å². The van der Waals surface area contributed by atoms with Crippen LogP contribution in [0.1, 0.15) is 47.3 Å². The molecule has 0 spiro atoms. The Labute approximate surface area is 87.3 Å². The lowest BCUT2D eigenvalue weighted by Crippen LogP contribution is -2.00. The standard InChI is InChI=1S/C11H13NO3/c1-5-9(11(13)14)12-10(15-5)8-3-6-2-7(6)4-8/h6-8H,2-4H2,1H3,(H,13,14). The Morgan fingerprint density at radius 3 is 2.60 bits per heavy atom. The van der Waals surface area contributed by atoms with Gasteiger partial charge in [-0.05, 0) is 38.0 Å². The Kier molecular flexibility index (Phi) is 1.69. The molecule has 80 valence electrons. The number of aromatic nitrogens is 1. The van der Waals surface area contributed by atoms with Crippen LogP contribution in [0.25, 0.3) is 0 Å². The minimum atomic E-state index is -0.995. The van der Waals surface area contributed by atoms with Crippen molar-refractivity contribution in [2.75, 3.05) is 0 Å². The first-order valence-electron chi connectivity index (χ1n) is 5.35. The molecule has 4 nitrogen and oxygen atoms in total. The third-order valence-electron chi connectivity index (χ3n) is 3.61. The average Bonchev–Trinajstić information content (AvgIpc) is 2.61. The second kappa shape index (κ2) is 2.84. The molecule has 2 aliphatic carbocycles. The van der Waals surface area contributed by atoms with Gasteiger partial charge in [0.25, 0.3) is 0 Å². The van der Waals surface area contributed by atoms with Crippen LogP contribution in [0.4, 0.5) is 0 Å². The minimum Gasteiger partial charge on any atom is -0.476 e. The van der Waals surface area contributed by atoms with Crippen LogP contribution in [0, 0.1) is 18.8 Å². The molecule has 2 aliphatic rings. The average molecular weight is 207 g/mol. The Balaban J connectivity index is 1.86. The Morgan fingerprint density at radius 1 is 1.40 bits per heavy atom. The molecule has 0 bridgehead atoms. The lowest BCUT2D eigenvalue weighted by molar-refractivity contribution is 0.0689. The highest BCUT2D eigenvalue weighted by molar-refractivity contribution is 5.86. The van der Waals surface area contributed by atoms with E-state index in [9.17, 15) is 4.79 Å². The fourth-order valence-electron chi connectivity index (χ4n) is 2.71. The van der Waals surface area contributed by atoms with Gasteiger partial charge in [0.05, 0.1) is 0 Å². The summed E-state index contributed by atoms with van der Waals surface area (Å²) in [6, 6.07) is 0. The Hall–Kier alpha value is -1.32. The van der Waals surface area contributed by atoms with E-state index in [0.29, 0.717) is 17.6 Å². The second-order valence-electron chi connectivity index (χ2n) is 4.69. The van der Waals surface area contributed by atoms with E-state index in [1.165, 1.54) is 6.42 Å². The number of fused-ring (bicyclic) bond motifs is 1. The summed E-state index contributed by atoms with van der Waals surface area (Å²) in [5, 5.41) is 8.86. The molecule has 2 fully saturated rings. The maximum Gasteiger partial charge on any atom is 0.358 e. The van der Waals surface area contributed by atoms with Crippen LogP contribution in [-0.4, -0.2) is 16.1 Å². The van der Waals surface area contributed by atoms with Crippen molar-refractivity contribution < 1.29 is 14.3 Å². The quantitative estimate of drug-likeness (QED) is 0.807. The first-order valence-corrected chi connectivity index (χ1v) is 5.35. The number of rotatable bonds is 2. The predicted molar refractivity (Wildman–Crippen MR) is 51.8 cm³/mol. The second-order valence-corrected chi connectivity index (χ2v) is 4.69. The molecule has 2 unspecified atom stereocenters. The van der Waals surface area contributed by atoms with E-state index < -0.39 is 5.97 Å². The fourth-order valence-corrected chi connectivity index (χ4v) is 2.71. The molecule has 1 N–H and O–H groups in total. The van der Waals surface area contributed by atoms with Gasteiger partial charge < -0.3 is 9.52 Å².